The maximum atomic E-state index is 12.1. The molecular weight excluding hydrogens is 272 g/mol. The lowest BCUT2D eigenvalue weighted by molar-refractivity contribution is -0.0518. The molecule has 0 aliphatic carbocycles. The van der Waals surface area contributed by atoms with Gasteiger partial charge in [0, 0.05) is 18.4 Å². The molecule has 1 aromatic carbocycles. The number of hydrogen-bond donors (Lipinski definition) is 0. The van der Waals surface area contributed by atoms with E-state index in [4.69, 9.17) is 9.57 Å². The molecule has 1 aromatic rings. The predicted molar refractivity (Wildman–Crippen MR) is 63.6 cm³/mol. The van der Waals surface area contributed by atoms with E-state index in [2.05, 4.69) is 9.89 Å². The van der Waals surface area contributed by atoms with Gasteiger partial charge >= 0.3 is 6.61 Å². The highest BCUT2D eigenvalue weighted by Crippen LogP contribution is 2.36. The number of nitrogens with zero attached hydrogens (tertiary/aromatic N) is 1. The van der Waals surface area contributed by atoms with Gasteiger partial charge in [-0.3, -0.25) is 5.11 Å². The van der Waals surface area contributed by atoms with Gasteiger partial charge in [-0.15, -0.1) is 0 Å². The molecule has 0 aromatic heterocycles. The highest BCUT2D eigenvalue weighted by molar-refractivity contribution is 6.02. The van der Waals surface area contributed by atoms with Crippen LogP contribution in [0.3, 0.4) is 0 Å². The minimum atomic E-state index is -3.01. The Morgan fingerprint density at radius 3 is 2.90 bits per heavy atom. The van der Waals surface area contributed by atoms with E-state index in [-0.39, 0.29) is 5.75 Å². The van der Waals surface area contributed by atoms with Crippen molar-refractivity contribution >= 4 is 5.71 Å². The molecule has 1 saturated heterocycles. The van der Waals surface area contributed by atoms with E-state index in [1.165, 1.54) is 18.2 Å². The average molecular weight is 284 g/mol. The Morgan fingerprint density at radius 1 is 1.40 bits per heavy atom. The summed E-state index contributed by atoms with van der Waals surface area (Å²) in [5, 5.41) is 15.6. The van der Waals surface area contributed by atoms with Crippen molar-refractivity contribution in [3.05, 3.63) is 23.8 Å². The predicted octanol–water partition coefficient (Wildman–Crippen LogP) is 2.72. The molecule has 1 radical (unpaired) electrons. The lowest BCUT2D eigenvalue weighted by Gasteiger charge is -2.17. The Bertz CT molecular complexity index is 541. The van der Waals surface area contributed by atoms with Crippen molar-refractivity contribution in [3.63, 3.8) is 0 Å². The van der Waals surface area contributed by atoms with E-state index in [1.54, 1.807) is 0 Å². The number of rotatable bonds is 3. The summed E-state index contributed by atoms with van der Waals surface area (Å²) in [4.78, 5) is 5.41. The van der Waals surface area contributed by atoms with E-state index < -0.39 is 18.0 Å². The van der Waals surface area contributed by atoms with Crippen molar-refractivity contribution in [2.45, 2.75) is 25.1 Å². The number of oxime groups is 1. The fourth-order valence-corrected chi connectivity index (χ4v) is 2.36. The summed E-state index contributed by atoms with van der Waals surface area (Å²) in [5.74, 6) is -0.976. The lowest BCUT2D eigenvalue weighted by Crippen LogP contribution is -2.29. The highest BCUT2D eigenvalue weighted by Gasteiger charge is 2.43. The van der Waals surface area contributed by atoms with Gasteiger partial charge in [0.05, 0.1) is 18.9 Å². The van der Waals surface area contributed by atoms with E-state index in [0.29, 0.717) is 30.9 Å². The summed E-state index contributed by atoms with van der Waals surface area (Å²) >= 11 is 0. The van der Waals surface area contributed by atoms with E-state index in [0.717, 1.165) is 6.42 Å². The SMILES string of the molecule is [O]c1cc(C2=NOC3(CCOC3)C2)ccc1OC(F)F. The van der Waals surface area contributed by atoms with Crippen molar-refractivity contribution in [3.8, 4) is 11.5 Å². The number of alkyl halides is 2. The van der Waals surface area contributed by atoms with Gasteiger partial charge in [-0.2, -0.15) is 8.78 Å². The first-order valence-corrected chi connectivity index (χ1v) is 6.17. The molecule has 1 atom stereocenters. The van der Waals surface area contributed by atoms with Crippen LogP contribution in [0, 0.1) is 0 Å². The minimum Gasteiger partial charge on any atom is -0.431 e. The number of ether oxygens (including phenoxy) is 2. The second-order valence-corrected chi connectivity index (χ2v) is 4.83. The Kier molecular flexibility index (Phi) is 3.21. The van der Waals surface area contributed by atoms with Crippen molar-refractivity contribution < 1.29 is 28.2 Å². The van der Waals surface area contributed by atoms with Gasteiger partial charge in [-0.05, 0) is 18.2 Å². The third-order valence-electron chi connectivity index (χ3n) is 3.40. The van der Waals surface area contributed by atoms with Crippen LogP contribution < -0.4 is 4.74 Å². The summed E-state index contributed by atoms with van der Waals surface area (Å²) in [6.45, 7) is -1.92. The number of hydrogen-bond acceptors (Lipinski definition) is 4. The molecule has 2 aliphatic heterocycles. The molecule has 0 N–H and O–H groups in total. The van der Waals surface area contributed by atoms with Gasteiger partial charge in [-0.25, -0.2) is 0 Å². The van der Waals surface area contributed by atoms with Crippen LogP contribution in [0.15, 0.2) is 23.4 Å². The first-order chi connectivity index (χ1) is 9.58. The Labute approximate surface area is 113 Å². The molecule has 0 saturated carbocycles. The maximum absolute atomic E-state index is 12.1. The molecular formula is C13H12F2NO4. The first-order valence-electron chi connectivity index (χ1n) is 6.17. The average Bonchev–Trinajstić information content (AvgIpc) is 3.03. The summed E-state index contributed by atoms with van der Waals surface area (Å²) < 4.78 is 33.6. The molecule has 2 heterocycles. The maximum Gasteiger partial charge on any atom is 0.387 e. The molecule has 3 rings (SSSR count). The van der Waals surface area contributed by atoms with Gasteiger partial charge < -0.3 is 14.3 Å². The van der Waals surface area contributed by atoms with Gasteiger partial charge in [0.25, 0.3) is 0 Å². The molecule has 7 heteroatoms. The topological polar surface area (TPSA) is 60.0 Å². The van der Waals surface area contributed by atoms with E-state index >= 15 is 0 Å². The fourth-order valence-electron chi connectivity index (χ4n) is 2.36. The number of halogens is 2. The molecule has 1 unspecified atom stereocenters. The van der Waals surface area contributed by atoms with Gasteiger partial charge in [0.15, 0.2) is 11.4 Å². The van der Waals surface area contributed by atoms with Crippen molar-refractivity contribution in [2.75, 3.05) is 13.2 Å². The Hall–Kier alpha value is -1.89. The first kappa shape index (κ1) is 13.1. The third kappa shape index (κ3) is 2.40. The summed E-state index contributed by atoms with van der Waals surface area (Å²) in [5.41, 5.74) is 0.743. The fraction of sp³-hybridized carbons (Fsp3) is 0.462. The molecule has 1 fully saturated rings. The van der Waals surface area contributed by atoms with Crippen LogP contribution in [0.4, 0.5) is 8.78 Å². The quantitative estimate of drug-likeness (QED) is 0.857. The summed E-state index contributed by atoms with van der Waals surface area (Å²) in [7, 11) is 0. The lowest BCUT2D eigenvalue weighted by atomic mass is 9.93. The second-order valence-electron chi connectivity index (χ2n) is 4.83. The van der Waals surface area contributed by atoms with E-state index in [1.807, 2.05) is 0 Å². The zero-order valence-electron chi connectivity index (χ0n) is 10.5. The Balaban J connectivity index is 1.77. The van der Waals surface area contributed by atoms with Crippen LogP contribution in [0.25, 0.3) is 0 Å². The number of benzene rings is 1. The van der Waals surface area contributed by atoms with E-state index in [9.17, 15) is 13.9 Å². The highest BCUT2D eigenvalue weighted by atomic mass is 19.3. The summed E-state index contributed by atoms with van der Waals surface area (Å²) in [6, 6.07) is 3.98. The molecule has 2 aliphatic rings. The van der Waals surface area contributed by atoms with Gasteiger partial charge in [-0.1, -0.05) is 5.16 Å². The van der Waals surface area contributed by atoms with Crippen LogP contribution in [0.5, 0.6) is 11.5 Å². The van der Waals surface area contributed by atoms with Crippen LogP contribution in [0.1, 0.15) is 18.4 Å². The third-order valence-corrected chi connectivity index (χ3v) is 3.40. The molecule has 5 nitrogen and oxygen atoms in total. The molecule has 0 amide bonds. The normalized spacial score (nSPS) is 25.1. The van der Waals surface area contributed by atoms with Crippen molar-refractivity contribution in [2.24, 2.45) is 5.16 Å². The zero-order valence-corrected chi connectivity index (χ0v) is 10.5. The van der Waals surface area contributed by atoms with Gasteiger partial charge in [0.1, 0.15) is 0 Å². The smallest absolute Gasteiger partial charge is 0.387 e. The second kappa shape index (κ2) is 4.90. The van der Waals surface area contributed by atoms with Crippen molar-refractivity contribution in [1.29, 1.82) is 0 Å². The molecule has 0 bridgehead atoms. The summed E-state index contributed by atoms with van der Waals surface area (Å²) in [6.07, 6.45) is 1.29. The molecule has 20 heavy (non-hydrogen) atoms. The minimum absolute atomic E-state index is 0.373. The van der Waals surface area contributed by atoms with Crippen LogP contribution >= 0.6 is 0 Å². The zero-order chi connectivity index (χ0) is 14.2. The van der Waals surface area contributed by atoms with Crippen LogP contribution in [0.2, 0.25) is 0 Å². The monoisotopic (exact) mass is 284 g/mol. The van der Waals surface area contributed by atoms with Crippen LogP contribution in [-0.4, -0.2) is 31.1 Å². The molecule has 1 spiro atoms. The van der Waals surface area contributed by atoms with Crippen molar-refractivity contribution in [1.82, 2.24) is 0 Å². The van der Waals surface area contributed by atoms with Gasteiger partial charge in [0.2, 0.25) is 5.75 Å². The standard InChI is InChI=1S/C13H12F2NO4/c14-12(15)19-11-2-1-8(5-10(11)17)9-6-13(20-16-9)3-4-18-7-13/h1-2,5,12H,3-4,6-7H2. The largest absolute Gasteiger partial charge is 0.431 e. The van der Waals surface area contributed by atoms with Crippen LogP contribution in [-0.2, 0) is 14.7 Å². The Morgan fingerprint density at radius 2 is 2.25 bits per heavy atom. The molecule has 107 valence electrons.